The molecule has 15 heavy (non-hydrogen) atoms. The molecule has 0 rings (SSSR count). The molecule has 4 heteroatoms. The maximum absolute atomic E-state index is 11.4. The predicted molar refractivity (Wildman–Crippen MR) is 65.8 cm³/mol. The van der Waals surface area contributed by atoms with E-state index in [9.17, 15) is 8.42 Å². The van der Waals surface area contributed by atoms with Gasteiger partial charge in [0, 0.05) is 12.3 Å². The van der Waals surface area contributed by atoms with Crippen molar-refractivity contribution in [3.63, 3.8) is 0 Å². The van der Waals surface area contributed by atoms with E-state index in [1.165, 1.54) is 6.26 Å². The van der Waals surface area contributed by atoms with Gasteiger partial charge in [-0.2, -0.15) is 0 Å². The number of nitrogens with one attached hydrogen (secondary N) is 1. The Labute approximate surface area is 94.6 Å². The van der Waals surface area contributed by atoms with Crippen molar-refractivity contribution in [2.24, 2.45) is 5.92 Å². The van der Waals surface area contributed by atoms with Gasteiger partial charge in [0.05, 0.1) is 5.25 Å². The van der Waals surface area contributed by atoms with Crippen LogP contribution < -0.4 is 5.32 Å². The number of sulfone groups is 1. The average molecular weight is 235 g/mol. The maximum Gasteiger partial charge on any atom is 0.151 e. The molecule has 3 nitrogen and oxygen atoms in total. The zero-order valence-electron chi connectivity index (χ0n) is 10.6. The minimum absolute atomic E-state index is 0.0822. The summed E-state index contributed by atoms with van der Waals surface area (Å²) in [4.78, 5) is 0. The highest BCUT2D eigenvalue weighted by Gasteiger charge is 2.23. The molecule has 0 spiro atoms. The Morgan fingerprint density at radius 1 is 1.13 bits per heavy atom. The van der Waals surface area contributed by atoms with Crippen molar-refractivity contribution in [3.05, 3.63) is 0 Å². The standard InChI is InChI=1S/C11H25NO2S/c1-9(2)7-6-8-11(12-4)10(3)15(5,13)14/h9-12H,6-8H2,1-5H3. The van der Waals surface area contributed by atoms with Gasteiger partial charge in [-0.25, -0.2) is 8.42 Å². The largest absolute Gasteiger partial charge is 0.316 e. The third-order valence-corrected chi connectivity index (χ3v) is 4.59. The van der Waals surface area contributed by atoms with Crippen molar-refractivity contribution < 1.29 is 8.42 Å². The highest BCUT2D eigenvalue weighted by atomic mass is 32.2. The van der Waals surface area contributed by atoms with Gasteiger partial charge in [0.25, 0.3) is 0 Å². The molecule has 0 heterocycles. The van der Waals surface area contributed by atoms with E-state index in [0.717, 1.165) is 19.3 Å². The molecule has 0 aromatic carbocycles. The Hall–Kier alpha value is -0.0900. The van der Waals surface area contributed by atoms with Crippen molar-refractivity contribution in [2.45, 2.75) is 51.3 Å². The zero-order chi connectivity index (χ0) is 12.1. The lowest BCUT2D eigenvalue weighted by Gasteiger charge is -2.22. The van der Waals surface area contributed by atoms with Gasteiger partial charge in [0.15, 0.2) is 9.84 Å². The quantitative estimate of drug-likeness (QED) is 0.732. The summed E-state index contributed by atoms with van der Waals surface area (Å²) in [6.45, 7) is 6.16. The first-order chi connectivity index (χ1) is 6.79. The minimum atomic E-state index is -2.93. The van der Waals surface area contributed by atoms with Gasteiger partial charge in [-0.1, -0.05) is 26.7 Å². The fraction of sp³-hybridized carbons (Fsp3) is 1.00. The molecule has 92 valence electrons. The second kappa shape index (κ2) is 6.48. The van der Waals surface area contributed by atoms with Crippen LogP contribution in [0.15, 0.2) is 0 Å². The Bertz CT molecular complexity index is 260. The van der Waals surface area contributed by atoms with E-state index in [-0.39, 0.29) is 11.3 Å². The first kappa shape index (κ1) is 14.9. The molecule has 0 bridgehead atoms. The lowest BCUT2D eigenvalue weighted by molar-refractivity contribution is 0.446. The van der Waals surface area contributed by atoms with Crippen LogP contribution in [0, 0.1) is 5.92 Å². The van der Waals surface area contributed by atoms with E-state index in [1.807, 2.05) is 7.05 Å². The molecule has 0 aromatic rings. The van der Waals surface area contributed by atoms with Gasteiger partial charge in [-0.05, 0) is 26.3 Å². The van der Waals surface area contributed by atoms with Crippen LogP contribution in [-0.2, 0) is 9.84 Å². The van der Waals surface area contributed by atoms with Gasteiger partial charge in [-0.15, -0.1) is 0 Å². The minimum Gasteiger partial charge on any atom is -0.316 e. The van der Waals surface area contributed by atoms with Crippen LogP contribution in [0.4, 0.5) is 0 Å². The molecular formula is C11H25NO2S. The van der Waals surface area contributed by atoms with Crippen molar-refractivity contribution in [2.75, 3.05) is 13.3 Å². The third-order valence-electron chi connectivity index (χ3n) is 2.91. The summed E-state index contributed by atoms with van der Waals surface area (Å²) in [7, 11) is -1.09. The topological polar surface area (TPSA) is 46.2 Å². The Balaban J connectivity index is 4.14. The van der Waals surface area contributed by atoms with Crippen molar-refractivity contribution in [1.82, 2.24) is 5.32 Å². The van der Waals surface area contributed by atoms with E-state index < -0.39 is 9.84 Å². The Morgan fingerprint density at radius 2 is 1.67 bits per heavy atom. The van der Waals surface area contributed by atoms with Gasteiger partial charge < -0.3 is 5.32 Å². The molecule has 0 radical (unpaired) electrons. The van der Waals surface area contributed by atoms with E-state index in [0.29, 0.717) is 5.92 Å². The van der Waals surface area contributed by atoms with E-state index in [2.05, 4.69) is 19.2 Å². The monoisotopic (exact) mass is 235 g/mol. The summed E-state index contributed by atoms with van der Waals surface area (Å²) in [5, 5.41) is 2.81. The first-order valence-corrected chi connectivity index (χ1v) is 7.60. The summed E-state index contributed by atoms with van der Waals surface area (Å²) in [6.07, 6.45) is 4.49. The van der Waals surface area contributed by atoms with Gasteiger partial charge in [0.1, 0.15) is 0 Å². The summed E-state index contributed by atoms with van der Waals surface area (Å²) in [6, 6.07) is 0.0822. The molecule has 2 atom stereocenters. The molecule has 0 aliphatic carbocycles. The molecule has 0 aliphatic rings. The third kappa shape index (κ3) is 6.15. The van der Waals surface area contributed by atoms with E-state index in [4.69, 9.17) is 0 Å². The smallest absolute Gasteiger partial charge is 0.151 e. The van der Waals surface area contributed by atoms with E-state index >= 15 is 0 Å². The summed E-state index contributed by atoms with van der Waals surface area (Å²) in [5.41, 5.74) is 0. The van der Waals surface area contributed by atoms with Crippen LogP contribution in [0.25, 0.3) is 0 Å². The molecular weight excluding hydrogens is 210 g/mol. The molecule has 0 saturated carbocycles. The molecule has 0 aliphatic heterocycles. The maximum atomic E-state index is 11.4. The molecule has 0 amide bonds. The lowest BCUT2D eigenvalue weighted by atomic mass is 10.0. The lowest BCUT2D eigenvalue weighted by Crippen LogP contribution is -2.40. The van der Waals surface area contributed by atoms with Gasteiger partial charge >= 0.3 is 0 Å². The number of hydrogen-bond donors (Lipinski definition) is 1. The van der Waals surface area contributed by atoms with Crippen LogP contribution in [0.5, 0.6) is 0 Å². The fourth-order valence-electron chi connectivity index (χ4n) is 1.66. The molecule has 0 fully saturated rings. The van der Waals surface area contributed by atoms with Gasteiger partial charge in [-0.3, -0.25) is 0 Å². The fourth-order valence-corrected chi connectivity index (χ4v) is 2.53. The van der Waals surface area contributed by atoms with Crippen LogP contribution in [-0.4, -0.2) is 33.0 Å². The zero-order valence-corrected chi connectivity index (χ0v) is 11.4. The van der Waals surface area contributed by atoms with Crippen molar-refractivity contribution in [1.29, 1.82) is 0 Å². The molecule has 2 unspecified atom stereocenters. The Morgan fingerprint density at radius 3 is 2.00 bits per heavy atom. The number of hydrogen-bond acceptors (Lipinski definition) is 3. The van der Waals surface area contributed by atoms with Crippen LogP contribution in [0.1, 0.15) is 40.0 Å². The molecule has 0 aromatic heterocycles. The highest BCUT2D eigenvalue weighted by Crippen LogP contribution is 2.13. The summed E-state index contributed by atoms with van der Waals surface area (Å²) >= 11 is 0. The van der Waals surface area contributed by atoms with Crippen LogP contribution in [0.2, 0.25) is 0 Å². The second-order valence-electron chi connectivity index (χ2n) is 4.75. The summed E-state index contributed by atoms with van der Waals surface area (Å²) < 4.78 is 22.8. The van der Waals surface area contributed by atoms with E-state index in [1.54, 1.807) is 6.92 Å². The average Bonchev–Trinajstić information content (AvgIpc) is 2.09. The predicted octanol–water partition coefficient (Wildman–Crippen LogP) is 1.83. The first-order valence-electron chi connectivity index (χ1n) is 5.65. The van der Waals surface area contributed by atoms with Crippen LogP contribution >= 0.6 is 0 Å². The highest BCUT2D eigenvalue weighted by molar-refractivity contribution is 7.91. The summed E-state index contributed by atoms with van der Waals surface area (Å²) in [5.74, 6) is 0.691. The SMILES string of the molecule is CNC(CCCC(C)C)C(C)S(C)(=O)=O. The molecule has 0 saturated heterocycles. The van der Waals surface area contributed by atoms with Gasteiger partial charge in [0.2, 0.25) is 0 Å². The van der Waals surface area contributed by atoms with Crippen molar-refractivity contribution in [3.8, 4) is 0 Å². The molecule has 1 N–H and O–H groups in total. The number of rotatable bonds is 7. The second-order valence-corrected chi connectivity index (χ2v) is 7.16. The Kier molecular flexibility index (Phi) is 6.44. The normalized spacial score (nSPS) is 16.7. The van der Waals surface area contributed by atoms with Crippen LogP contribution in [0.3, 0.4) is 0 Å². The van der Waals surface area contributed by atoms with Crippen molar-refractivity contribution >= 4 is 9.84 Å².